The number of nitrogens with zero attached hydrogens (tertiary/aromatic N) is 2. The van der Waals surface area contributed by atoms with Crippen LogP contribution in [0, 0.1) is 5.92 Å². The van der Waals surface area contributed by atoms with E-state index in [9.17, 15) is 19.8 Å². The van der Waals surface area contributed by atoms with Crippen molar-refractivity contribution in [3.63, 3.8) is 0 Å². The predicted molar refractivity (Wildman–Crippen MR) is 82.6 cm³/mol. The van der Waals surface area contributed by atoms with Crippen molar-refractivity contribution in [2.45, 2.75) is 44.4 Å². The fourth-order valence-electron chi connectivity index (χ4n) is 2.25. The number of ether oxygens (including phenoxy) is 2. The first-order valence-electron chi connectivity index (χ1n) is 7.51. The Morgan fingerprint density at radius 1 is 1.46 bits per heavy atom. The smallest absolute Gasteiger partial charge is 0.351 e. The molecule has 5 atom stereocenters. The molecule has 10 nitrogen and oxygen atoms in total. The summed E-state index contributed by atoms with van der Waals surface area (Å²) >= 11 is 0. The number of hydrogen-bond acceptors (Lipinski definition) is 9. The molecule has 1 saturated heterocycles. The third kappa shape index (κ3) is 3.73. The summed E-state index contributed by atoms with van der Waals surface area (Å²) in [6.45, 7) is 3.24. The number of carbonyl (C=O) groups excluding carboxylic acids is 1. The number of esters is 1. The van der Waals surface area contributed by atoms with E-state index >= 15 is 0 Å². The van der Waals surface area contributed by atoms with Crippen LogP contribution in [-0.2, 0) is 14.3 Å². The molecule has 1 aliphatic rings. The maximum absolute atomic E-state index is 11.8. The Hall–Kier alpha value is -2.01. The minimum absolute atomic E-state index is 0.0254. The number of aliphatic hydroxyl groups is 2. The summed E-state index contributed by atoms with van der Waals surface area (Å²) in [7, 11) is 0. The van der Waals surface area contributed by atoms with Gasteiger partial charge in [0.2, 0.25) is 0 Å². The highest BCUT2D eigenvalue weighted by atomic mass is 16.6. The van der Waals surface area contributed by atoms with E-state index in [-0.39, 0.29) is 18.3 Å². The molecule has 0 spiro atoms. The number of aromatic nitrogens is 2. The minimum atomic E-state index is -1.39. The van der Waals surface area contributed by atoms with Gasteiger partial charge in [0.05, 0.1) is 0 Å². The first kappa shape index (κ1) is 18.3. The van der Waals surface area contributed by atoms with Gasteiger partial charge in [0.25, 0.3) is 0 Å². The average molecular weight is 342 g/mol. The van der Waals surface area contributed by atoms with Crippen molar-refractivity contribution in [3.8, 4) is 0 Å². The highest BCUT2D eigenvalue weighted by molar-refractivity contribution is 5.75. The SMILES string of the molecule is CC(C)C(N)C(=O)OC[C@H]1O[C@@H](n2ccc(N)nc2=O)C(O)C1O. The zero-order valence-corrected chi connectivity index (χ0v) is 13.4. The molecule has 0 bridgehead atoms. The van der Waals surface area contributed by atoms with Crippen molar-refractivity contribution in [1.29, 1.82) is 0 Å². The molecule has 0 radical (unpaired) electrons. The number of aliphatic hydroxyl groups excluding tert-OH is 2. The Labute approximate surface area is 138 Å². The average Bonchev–Trinajstić information content (AvgIpc) is 2.80. The highest BCUT2D eigenvalue weighted by Gasteiger charge is 2.44. The first-order valence-corrected chi connectivity index (χ1v) is 7.51. The van der Waals surface area contributed by atoms with E-state index in [4.69, 9.17) is 20.9 Å². The normalized spacial score (nSPS) is 28.1. The Morgan fingerprint density at radius 2 is 2.12 bits per heavy atom. The van der Waals surface area contributed by atoms with E-state index < -0.39 is 42.2 Å². The summed E-state index contributed by atoms with van der Waals surface area (Å²) in [4.78, 5) is 27.1. The number of nitrogens with two attached hydrogens (primary N) is 2. The standard InChI is InChI=1S/C14H22N4O6/c1-6(2)9(16)13(21)23-5-7-10(19)11(20)12(24-7)18-4-3-8(15)17-14(18)22/h3-4,6-7,9-12,19-20H,5,16H2,1-2H3,(H2,15,17,22)/t7-,9?,10?,11?,12-/m1/s1. The van der Waals surface area contributed by atoms with Crippen molar-refractivity contribution in [2.75, 3.05) is 12.3 Å². The van der Waals surface area contributed by atoms with E-state index in [2.05, 4.69) is 4.98 Å². The van der Waals surface area contributed by atoms with Crippen LogP contribution in [0.1, 0.15) is 20.1 Å². The summed E-state index contributed by atoms with van der Waals surface area (Å²) < 4.78 is 11.5. The Bertz CT molecular complexity index is 648. The van der Waals surface area contributed by atoms with Crippen molar-refractivity contribution < 1.29 is 24.5 Å². The fraction of sp³-hybridized carbons (Fsp3) is 0.643. The fourth-order valence-corrected chi connectivity index (χ4v) is 2.25. The van der Waals surface area contributed by atoms with E-state index in [1.54, 1.807) is 13.8 Å². The third-order valence-electron chi connectivity index (χ3n) is 3.84. The molecule has 1 aliphatic heterocycles. The molecular weight excluding hydrogens is 320 g/mol. The molecule has 6 N–H and O–H groups in total. The van der Waals surface area contributed by atoms with Crippen LogP contribution in [-0.4, -0.2) is 56.7 Å². The summed E-state index contributed by atoms with van der Waals surface area (Å²) in [5, 5.41) is 20.1. The largest absolute Gasteiger partial charge is 0.462 e. The van der Waals surface area contributed by atoms with Gasteiger partial charge in [-0.05, 0) is 12.0 Å². The lowest BCUT2D eigenvalue weighted by Crippen LogP contribution is -2.40. The number of nitrogen functional groups attached to an aromatic ring is 1. The molecule has 1 aromatic rings. The van der Waals surface area contributed by atoms with Crippen LogP contribution in [0.4, 0.5) is 5.82 Å². The number of hydrogen-bond donors (Lipinski definition) is 4. The van der Waals surface area contributed by atoms with Gasteiger partial charge >= 0.3 is 11.7 Å². The predicted octanol–water partition coefficient (Wildman–Crippen LogP) is -2.03. The molecule has 3 unspecified atom stereocenters. The molecular formula is C14H22N4O6. The molecule has 1 aromatic heterocycles. The van der Waals surface area contributed by atoms with Crippen LogP contribution in [0.15, 0.2) is 17.1 Å². The van der Waals surface area contributed by atoms with Gasteiger partial charge in [-0.3, -0.25) is 9.36 Å². The first-order chi connectivity index (χ1) is 11.2. The number of rotatable bonds is 5. The molecule has 134 valence electrons. The summed E-state index contributed by atoms with van der Waals surface area (Å²) in [6, 6.07) is 0.562. The second-order valence-electron chi connectivity index (χ2n) is 5.99. The van der Waals surface area contributed by atoms with Gasteiger partial charge < -0.3 is 31.2 Å². The van der Waals surface area contributed by atoms with Crippen molar-refractivity contribution in [1.82, 2.24) is 9.55 Å². The maximum atomic E-state index is 11.8. The second kappa shape index (κ2) is 7.26. The molecule has 24 heavy (non-hydrogen) atoms. The Morgan fingerprint density at radius 3 is 2.71 bits per heavy atom. The van der Waals surface area contributed by atoms with E-state index in [1.165, 1.54) is 12.3 Å². The van der Waals surface area contributed by atoms with Crippen LogP contribution in [0.3, 0.4) is 0 Å². The summed E-state index contributed by atoms with van der Waals surface area (Å²) in [5.74, 6) is -0.716. The van der Waals surface area contributed by atoms with Crippen LogP contribution in [0.2, 0.25) is 0 Å². The van der Waals surface area contributed by atoms with Crippen molar-refractivity contribution in [3.05, 3.63) is 22.7 Å². The molecule has 2 rings (SSSR count). The lowest BCUT2D eigenvalue weighted by molar-refractivity contribution is -0.152. The Kier molecular flexibility index (Phi) is 5.54. The van der Waals surface area contributed by atoms with Gasteiger partial charge in [-0.1, -0.05) is 13.8 Å². The second-order valence-corrected chi connectivity index (χ2v) is 5.99. The van der Waals surface area contributed by atoms with Gasteiger partial charge in [0.1, 0.15) is 36.8 Å². The Balaban J connectivity index is 2.05. The minimum Gasteiger partial charge on any atom is -0.462 e. The zero-order chi connectivity index (χ0) is 18.0. The van der Waals surface area contributed by atoms with Gasteiger partial charge in [-0.2, -0.15) is 4.98 Å². The lowest BCUT2D eigenvalue weighted by atomic mass is 10.1. The quantitative estimate of drug-likeness (QED) is 0.442. The maximum Gasteiger partial charge on any atom is 0.351 e. The number of carbonyl (C=O) groups is 1. The molecule has 0 aromatic carbocycles. The molecule has 0 amide bonds. The summed E-state index contributed by atoms with van der Waals surface area (Å²) in [5.41, 5.74) is 10.3. The summed E-state index contributed by atoms with van der Waals surface area (Å²) in [6.07, 6.45) is -3.60. The zero-order valence-electron chi connectivity index (χ0n) is 13.4. The van der Waals surface area contributed by atoms with E-state index in [1.807, 2.05) is 0 Å². The van der Waals surface area contributed by atoms with Crippen LogP contribution < -0.4 is 17.2 Å². The molecule has 10 heteroatoms. The van der Waals surface area contributed by atoms with Crippen molar-refractivity contribution >= 4 is 11.8 Å². The monoisotopic (exact) mass is 342 g/mol. The van der Waals surface area contributed by atoms with Crippen molar-refractivity contribution in [2.24, 2.45) is 11.7 Å². The van der Waals surface area contributed by atoms with E-state index in [0.29, 0.717) is 0 Å². The van der Waals surface area contributed by atoms with Gasteiger partial charge in [0.15, 0.2) is 6.23 Å². The molecule has 0 saturated carbocycles. The highest BCUT2D eigenvalue weighted by Crippen LogP contribution is 2.28. The van der Waals surface area contributed by atoms with E-state index in [0.717, 1.165) is 4.57 Å². The molecule has 1 fully saturated rings. The number of anilines is 1. The van der Waals surface area contributed by atoms with Gasteiger partial charge in [-0.25, -0.2) is 4.79 Å². The van der Waals surface area contributed by atoms with Gasteiger partial charge in [-0.15, -0.1) is 0 Å². The third-order valence-corrected chi connectivity index (χ3v) is 3.84. The van der Waals surface area contributed by atoms with Crippen LogP contribution in [0.25, 0.3) is 0 Å². The topological polar surface area (TPSA) is 163 Å². The van der Waals surface area contributed by atoms with Gasteiger partial charge in [0, 0.05) is 6.20 Å². The van der Waals surface area contributed by atoms with Crippen LogP contribution in [0.5, 0.6) is 0 Å². The molecule has 2 heterocycles. The van der Waals surface area contributed by atoms with Crippen LogP contribution >= 0.6 is 0 Å². The lowest BCUT2D eigenvalue weighted by Gasteiger charge is -2.18. The molecule has 0 aliphatic carbocycles.